The number of carbonyl (C=O) groups is 1. The summed E-state index contributed by atoms with van der Waals surface area (Å²) in [7, 11) is 0. The van der Waals surface area contributed by atoms with E-state index in [9.17, 15) is 9.90 Å². The molecule has 1 N–H and O–H groups in total. The number of hydrogen-bond acceptors (Lipinski definition) is 3. The minimum atomic E-state index is -0.620. The Morgan fingerprint density at radius 2 is 1.81 bits per heavy atom. The van der Waals surface area contributed by atoms with Crippen molar-refractivity contribution in [2.45, 2.75) is 76.9 Å². The second-order valence-electron chi connectivity index (χ2n) is 9.81. The molecule has 2 aliphatic carbocycles. The molecule has 0 radical (unpaired) electrons. The van der Waals surface area contributed by atoms with Crippen LogP contribution in [0, 0.1) is 11.3 Å². The zero-order chi connectivity index (χ0) is 19.2. The van der Waals surface area contributed by atoms with Gasteiger partial charge in [-0.3, -0.25) is 4.79 Å². The Morgan fingerprint density at radius 3 is 2.41 bits per heavy atom. The van der Waals surface area contributed by atoms with Crippen LogP contribution in [0.3, 0.4) is 0 Å². The molecule has 1 aromatic rings. The second kappa shape index (κ2) is 6.80. The third-order valence-electron chi connectivity index (χ3n) is 6.91. The fourth-order valence-electron chi connectivity index (χ4n) is 5.24. The minimum absolute atomic E-state index is 0.0459. The summed E-state index contributed by atoms with van der Waals surface area (Å²) in [4.78, 5) is 14.5. The molecule has 1 saturated heterocycles. The van der Waals surface area contributed by atoms with E-state index in [0.717, 1.165) is 44.5 Å². The third kappa shape index (κ3) is 3.73. The van der Waals surface area contributed by atoms with E-state index in [-0.39, 0.29) is 11.8 Å². The molecule has 3 aliphatic rings. The highest BCUT2D eigenvalue weighted by atomic mass is 16.5. The number of carbonyl (C=O) groups excluding carboxylic acids is 1. The molecule has 1 heterocycles. The van der Waals surface area contributed by atoms with Gasteiger partial charge in [0, 0.05) is 24.4 Å². The standard InChI is InChI=1S/C23H33NO3/c1-16(2)19-6-4-5-7-20(19)27-18-8-10-23(11-9-18)14-24(15-23)21(25)17-12-22(3,26)13-17/h4-7,16-18,26H,8-15H2,1-3H3/t17-,22+. The lowest BCUT2D eigenvalue weighted by Crippen LogP contribution is -2.63. The predicted molar refractivity (Wildman–Crippen MR) is 106 cm³/mol. The van der Waals surface area contributed by atoms with Gasteiger partial charge < -0.3 is 14.7 Å². The highest BCUT2D eigenvalue weighted by Crippen LogP contribution is 2.47. The normalized spacial score (nSPS) is 30.1. The van der Waals surface area contributed by atoms with E-state index in [0.29, 0.717) is 30.3 Å². The lowest BCUT2D eigenvalue weighted by atomic mass is 9.66. The summed E-state index contributed by atoms with van der Waals surface area (Å²) < 4.78 is 6.36. The lowest BCUT2D eigenvalue weighted by molar-refractivity contribution is -0.164. The van der Waals surface area contributed by atoms with Gasteiger partial charge in [-0.2, -0.15) is 0 Å². The molecule has 4 heteroatoms. The molecule has 1 aromatic carbocycles. The average molecular weight is 372 g/mol. The molecule has 3 fully saturated rings. The van der Waals surface area contributed by atoms with Gasteiger partial charge in [0.25, 0.3) is 0 Å². The van der Waals surface area contributed by atoms with Gasteiger partial charge in [-0.05, 0) is 63.0 Å². The van der Waals surface area contributed by atoms with E-state index in [4.69, 9.17) is 4.74 Å². The van der Waals surface area contributed by atoms with Gasteiger partial charge >= 0.3 is 0 Å². The Balaban J connectivity index is 1.26. The number of benzene rings is 1. The number of ether oxygens (including phenoxy) is 1. The average Bonchev–Trinajstić information content (AvgIpc) is 2.58. The van der Waals surface area contributed by atoms with Crippen LogP contribution in [-0.4, -0.2) is 40.7 Å². The van der Waals surface area contributed by atoms with E-state index in [2.05, 4.69) is 38.1 Å². The topological polar surface area (TPSA) is 49.8 Å². The van der Waals surface area contributed by atoms with Crippen molar-refractivity contribution in [1.82, 2.24) is 4.90 Å². The van der Waals surface area contributed by atoms with Crippen molar-refractivity contribution in [2.24, 2.45) is 11.3 Å². The second-order valence-corrected chi connectivity index (χ2v) is 9.81. The Bertz CT molecular complexity index is 687. The van der Waals surface area contributed by atoms with Crippen LogP contribution in [0.2, 0.25) is 0 Å². The van der Waals surface area contributed by atoms with Crippen LogP contribution in [0.5, 0.6) is 5.75 Å². The van der Waals surface area contributed by atoms with Crippen molar-refractivity contribution in [3.8, 4) is 5.75 Å². The van der Waals surface area contributed by atoms with Gasteiger partial charge in [-0.1, -0.05) is 32.0 Å². The number of para-hydroxylation sites is 1. The first-order chi connectivity index (χ1) is 12.8. The van der Waals surface area contributed by atoms with Crippen molar-refractivity contribution in [3.63, 3.8) is 0 Å². The Hall–Kier alpha value is -1.55. The maximum Gasteiger partial charge on any atom is 0.225 e. The number of hydrogen-bond donors (Lipinski definition) is 1. The quantitative estimate of drug-likeness (QED) is 0.866. The molecular weight excluding hydrogens is 338 g/mol. The monoisotopic (exact) mass is 371 g/mol. The first-order valence-corrected chi connectivity index (χ1v) is 10.5. The number of aliphatic hydroxyl groups is 1. The SMILES string of the molecule is CC(C)c1ccccc1OC1CCC2(CC1)CN(C(=O)[C@H]1C[C@@](C)(O)C1)C2. The van der Waals surface area contributed by atoms with E-state index in [1.807, 2.05) is 11.8 Å². The Morgan fingerprint density at radius 1 is 1.19 bits per heavy atom. The summed E-state index contributed by atoms with van der Waals surface area (Å²) >= 11 is 0. The molecule has 4 nitrogen and oxygen atoms in total. The molecule has 0 unspecified atom stereocenters. The van der Waals surface area contributed by atoms with Crippen molar-refractivity contribution < 1.29 is 14.6 Å². The van der Waals surface area contributed by atoms with Crippen LogP contribution in [0.15, 0.2) is 24.3 Å². The maximum absolute atomic E-state index is 12.5. The van der Waals surface area contributed by atoms with Crippen molar-refractivity contribution in [3.05, 3.63) is 29.8 Å². The Labute approximate surface area is 162 Å². The minimum Gasteiger partial charge on any atom is -0.490 e. The van der Waals surface area contributed by atoms with Crippen LogP contribution in [0.1, 0.15) is 70.8 Å². The van der Waals surface area contributed by atoms with Gasteiger partial charge in [0.2, 0.25) is 5.91 Å². The summed E-state index contributed by atoms with van der Waals surface area (Å²) in [5.41, 5.74) is 0.985. The molecular formula is C23H33NO3. The number of nitrogens with zero attached hydrogens (tertiary/aromatic N) is 1. The highest BCUT2D eigenvalue weighted by molar-refractivity contribution is 5.81. The van der Waals surface area contributed by atoms with Crippen LogP contribution in [0.4, 0.5) is 0 Å². The van der Waals surface area contributed by atoms with E-state index < -0.39 is 5.60 Å². The largest absolute Gasteiger partial charge is 0.490 e. The summed E-state index contributed by atoms with van der Waals surface area (Å²) in [6, 6.07) is 8.40. The van der Waals surface area contributed by atoms with Crippen LogP contribution < -0.4 is 4.74 Å². The highest BCUT2D eigenvalue weighted by Gasteiger charge is 2.51. The number of likely N-dealkylation sites (tertiary alicyclic amines) is 1. The Kier molecular flexibility index (Phi) is 4.74. The van der Waals surface area contributed by atoms with Gasteiger partial charge in [-0.15, -0.1) is 0 Å². The van der Waals surface area contributed by atoms with E-state index >= 15 is 0 Å². The molecule has 0 aromatic heterocycles. The van der Waals surface area contributed by atoms with Crippen LogP contribution >= 0.6 is 0 Å². The first kappa shape index (κ1) is 18.8. The fraction of sp³-hybridized carbons (Fsp3) is 0.696. The summed E-state index contributed by atoms with van der Waals surface area (Å²) in [5.74, 6) is 1.81. The molecule has 2 saturated carbocycles. The van der Waals surface area contributed by atoms with Crippen molar-refractivity contribution in [1.29, 1.82) is 0 Å². The van der Waals surface area contributed by atoms with Crippen LogP contribution in [0.25, 0.3) is 0 Å². The molecule has 0 atom stereocenters. The molecule has 1 spiro atoms. The lowest BCUT2D eigenvalue weighted by Gasteiger charge is -2.55. The third-order valence-corrected chi connectivity index (χ3v) is 6.91. The van der Waals surface area contributed by atoms with E-state index in [1.54, 1.807) is 0 Å². The van der Waals surface area contributed by atoms with Gasteiger partial charge in [0.05, 0.1) is 11.7 Å². The first-order valence-electron chi connectivity index (χ1n) is 10.5. The molecule has 148 valence electrons. The molecule has 1 aliphatic heterocycles. The van der Waals surface area contributed by atoms with Gasteiger partial charge in [0.15, 0.2) is 0 Å². The predicted octanol–water partition coefficient (Wildman–Crippen LogP) is 4.12. The molecule has 1 amide bonds. The molecule has 27 heavy (non-hydrogen) atoms. The van der Waals surface area contributed by atoms with Crippen molar-refractivity contribution in [2.75, 3.05) is 13.1 Å². The molecule has 4 rings (SSSR count). The molecule has 0 bridgehead atoms. The number of rotatable bonds is 4. The smallest absolute Gasteiger partial charge is 0.225 e. The zero-order valence-corrected chi connectivity index (χ0v) is 16.9. The summed E-state index contributed by atoms with van der Waals surface area (Å²) in [6.45, 7) is 8.05. The zero-order valence-electron chi connectivity index (χ0n) is 16.9. The van der Waals surface area contributed by atoms with E-state index in [1.165, 1.54) is 5.56 Å². The van der Waals surface area contributed by atoms with Crippen molar-refractivity contribution >= 4 is 5.91 Å². The van der Waals surface area contributed by atoms with Gasteiger partial charge in [-0.25, -0.2) is 0 Å². The van der Waals surface area contributed by atoms with Gasteiger partial charge in [0.1, 0.15) is 5.75 Å². The fourth-order valence-corrected chi connectivity index (χ4v) is 5.24. The van der Waals surface area contributed by atoms with Crippen LogP contribution in [-0.2, 0) is 4.79 Å². The number of amides is 1. The summed E-state index contributed by atoms with van der Waals surface area (Å²) in [5, 5.41) is 9.87. The maximum atomic E-state index is 12.5. The summed E-state index contributed by atoms with van der Waals surface area (Å²) in [6.07, 6.45) is 5.99.